The second-order valence-corrected chi connectivity index (χ2v) is 4.52. The van der Waals surface area contributed by atoms with E-state index in [1.54, 1.807) is 0 Å². The first-order valence-corrected chi connectivity index (χ1v) is 6.16. The van der Waals surface area contributed by atoms with E-state index in [1.165, 1.54) is 26.4 Å². The lowest BCUT2D eigenvalue weighted by Gasteiger charge is -2.10. The fourth-order valence-electron chi connectivity index (χ4n) is 1.52. The molecule has 0 fully saturated rings. The molecule has 0 aliphatic heterocycles. The van der Waals surface area contributed by atoms with Gasteiger partial charge in [0.1, 0.15) is 0 Å². The van der Waals surface area contributed by atoms with Gasteiger partial charge in [-0.1, -0.05) is 0 Å². The predicted molar refractivity (Wildman–Crippen MR) is 73.5 cm³/mol. The second-order valence-electron chi connectivity index (χ2n) is 3.91. The Morgan fingerprint density at radius 3 is 2.75 bits per heavy atom. The number of carbonyl (C=O) groups excluding carboxylic acids is 1. The largest absolute Gasteiger partial charge is 0.490 e. The van der Waals surface area contributed by atoms with Crippen LogP contribution < -0.4 is 10.1 Å². The molecule has 1 atom stereocenters. The van der Waals surface area contributed by atoms with E-state index in [0.29, 0.717) is 6.61 Å². The van der Waals surface area contributed by atoms with Crippen molar-refractivity contribution in [2.24, 2.45) is 0 Å². The van der Waals surface area contributed by atoms with Crippen molar-refractivity contribution in [1.82, 2.24) is 5.32 Å². The minimum Gasteiger partial charge on any atom is -0.490 e. The molecule has 1 N–H and O–H groups in total. The molecule has 1 amide bonds. The predicted octanol–water partition coefficient (Wildman–Crippen LogP) is 1.59. The fraction of sp³-hybridized carbons (Fsp3) is 0.417. The molecule has 0 spiro atoms. The third kappa shape index (κ3) is 4.36. The average Bonchev–Trinajstić information content (AvgIpc) is 2.44. The van der Waals surface area contributed by atoms with E-state index in [9.17, 15) is 14.9 Å². The van der Waals surface area contributed by atoms with E-state index in [-0.39, 0.29) is 28.9 Å². The van der Waals surface area contributed by atoms with Crippen molar-refractivity contribution in [2.45, 2.75) is 5.38 Å². The van der Waals surface area contributed by atoms with Crippen LogP contribution in [0.1, 0.15) is 10.4 Å². The molecule has 0 aliphatic rings. The molecule has 110 valence electrons. The summed E-state index contributed by atoms with van der Waals surface area (Å²) >= 11 is 5.87. The third-order valence-electron chi connectivity index (χ3n) is 2.47. The maximum atomic E-state index is 11.9. The number of nitro groups is 1. The van der Waals surface area contributed by atoms with Gasteiger partial charge in [0.2, 0.25) is 0 Å². The summed E-state index contributed by atoms with van der Waals surface area (Å²) in [5, 5.41) is 13.1. The molecule has 0 aliphatic carbocycles. The number of halogens is 1. The zero-order valence-electron chi connectivity index (χ0n) is 11.1. The molecule has 0 radical (unpaired) electrons. The molecule has 0 saturated heterocycles. The zero-order valence-corrected chi connectivity index (χ0v) is 11.8. The number of nitrogens with one attached hydrogen (secondary N) is 1. The van der Waals surface area contributed by atoms with Crippen LogP contribution in [0.2, 0.25) is 0 Å². The monoisotopic (exact) mass is 302 g/mol. The number of rotatable bonds is 7. The van der Waals surface area contributed by atoms with Crippen molar-refractivity contribution >= 4 is 23.2 Å². The van der Waals surface area contributed by atoms with E-state index in [4.69, 9.17) is 21.1 Å². The highest BCUT2D eigenvalue weighted by Gasteiger charge is 2.18. The number of nitrogens with zero attached hydrogens (tertiary/aromatic N) is 1. The first-order valence-electron chi connectivity index (χ1n) is 5.73. The summed E-state index contributed by atoms with van der Waals surface area (Å²) < 4.78 is 9.69. The Morgan fingerprint density at radius 1 is 1.50 bits per heavy atom. The molecule has 0 bridgehead atoms. The minimum absolute atomic E-state index is 0.0983. The number of carbonyl (C=O) groups is 1. The van der Waals surface area contributed by atoms with Gasteiger partial charge in [0.15, 0.2) is 5.75 Å². The summed E-state index contributed by atoms with van der Waals surface area (Å²) in [5.74, 6) is -0.348. The standard InChI is InChI=1S/C12H15ClN2O5/c1-19-7-9(13)6-14-12(16)8-3-4-11(20-2)10(5-8)15(17)18/h3-5,9H,6-7H2,1-2H3,(H,14,16). The van der Waals surface area contributed by atoms with Gasteiger partial charge in [0, 0.05) is 25.3 Å². The molecule has 0 aromatic heterocycles. The SMILES string of the molecule is COCC(Cl)CNC(=O)c1ccc(OC)c([N+](=O)[O-])c1. The maximum absolute atomic E-state index is 11.9. The highest BCUT2D eigenvalue weighted by atomic mass is 35.5. The lowest BCUT2D eigenvalue weighted by atomic mass is 10.1. The Kier molecular flexibility index (Phi) is 6.20. The molecule has 8 heteroatoms. The number of benzene rings is 1. The van der Waals surface area contributed by atoms with Gasteiger partial charge in [-0.25, -0.2) is 0 Å². The van der Waals surface area contributed by atoms with Crippen LogP contribution in [0.3, 0.4) is 0 Å². The fourth-order valence-corrected chi connectivity index (χ4v) is 1.72. The van der Waals surface area contributed by atoms with Crippen molar-refractivity contribution in [2.75, 3.05) is 27.4 Å². The third-order valence-corrected chi connectivity index (χ3v) is 2.75. The average molecular weight is 303 g/mol. The number of hydrogen-bond donors (Lipinski definition) is 1. The lowest BCUT2D eigenvalue weighted by Crippen LogP contribution is -2.31. The van der Waals surface area contributed by atoms with Crippen LogP contribution in [0.15, 0.2) is 18.2 Å². The van der Waals surface area contributed by atoms with Crippen LogP contribution in [-0.4, -0.2) is 43.6 Å². The Balaban J connectivity index is 2.78. The zero-order chi connectivity index (χ0) is 15.1. The van der Waals surface area contributed by atoms with Gasteiger partial charge < -0.3 is 14.8 Å². The molecular weight excluding hydrogens is 288 g/mol. The van der Waals surface area contributed by atoms with Gasteiger partial charge in [-0.15, -0.1) is 11.6 Å². The van der Waals surface area contributed by atoms with Crippen molar-refractivity contribution in [1.29, 1.82) is 0 Å². The molecule has 1 rings (SSSR count). The minimum atomic E-state index is -0.606. The maximum Gasteiger partial charge on any atom is 0.311 e. The van der Waals surface area contributed by atoms with E-state index >= 15 is 0 Å². The van der Waals surface area contributed by atoms with Gasteiger partial charge in [-0.2, -0.15) is 0 Å². The Bertz CT molecular complexity index is 495. The Morgan fingerprint density at radius 2 is 2.20 bits per heavy atom. The number of hydrogen-bond acceptors (Lipinski definition) is 5. The van der Waals surface area contributed by atoms with Crippen LogP contribution in [0.4, 0.5) is 5.69 Å². The van der Waals surface area contributed by atoms with Gasteiger partial charge in [-0.05, 0) is 12.1 Å². The molecule has 7 nitrogen and oxygen atoms in total. The highest BCUT2D eigenvalue weighted by Crippen LogP contribution is 2.27. The van der Waals surface area contributed by atoms with E-state index in [0.717, 1.165) is 6.07 Å². The summed E-state index contributed by atoms with van der Waals surface area (Å²) in [6.45, 7) is 0.499. The van der Waals surface area contributed by atoms with Crippen LogP contribution in [0.5, 0.6) is 5.75 Å². The van der Waals surface area contributed by atoms with Crippen LogP contribution >= 0.6 is 11.6 Å². The summed E-state index contributed by atoms with van der Waals surface area (Å²) in [5.41, 5.74) is -0.0988. The molecule has 1 unspecified atom stereocenters. The van der Waals surface area contributed by atoms with Crippen molar-refractivity contribution < 1.29 is 19.2 Å². The molecular formula is C12H15ClN2O5. The molecule has 0 heterocycles. The van der Waals surface area contributed by atoms with Crippen molar-refractivity contribution in [3.8, 4) is 5.75 Å². The van der Waals surface area contributed by atoms with Gasteiger partial charge in [0.25, 0.3) is 5.91 Å². The summed E-state index contributed by atoms with van der Waals surface area (Å²) in [6, 6.07) is 3.98. The van der Waals surface area contributed by atoms with E-state index in [2.05, 4.69) is 5.32 Å². The molecule has 1 aromatic rings. The van der Waals surface area contributed by atoms with Gasteiger partial charge in [0.05, 0.1) is 24.0 Å². The summed E-state index contributed by atoms with van der Waals surface area (Å²) in [7, 11) is 2.83. The first kappa shape index (κ1) is 16.2. The number of ether oxygens (including phenoxy) is 2. The quantitative estimate of drug-likeness (QED) is 0.469. The van der Waals surface area contributed by atoms with Crippen molar-refractivity contribution in [3.63, 3.8) is 0 Å². The number of amides is 1. The smallest absolute Gasteiger partial charge is 0.311 e. The Hall–Kier alpha value is -1.86. The molecule has 1 aromatic carbocycles. The highest BCUT2D eigenvalue weighted by molar-refractivity contribution is 6.21. The normalized spacial score (nSPS) is 11.8. The molecule has 0 saturated carbocycles. The van der Waals surface area contributed by atoms with Gasteiger partial charge >= 0.3 is 5.69 Å². The van der Waals surface area contributed by atoms with Crippen LogP contribution in [0, 0.1) is 10.1 Å². The summed E-state index contributed by atoms with van der Waals surface area (Å²) in [6.07, 6.45) is 0. The lowest BCUT2D eigenvalue weighted by molar-refractivity contribution is -0.385. The number of alkyl halides is 1. The second kappa shape index (κ2) is 7.66. The Labute approximate surface area is 121 Å². The van der Waals surface area contributed by atoms with Crippen LogP contribution in [0.25, 0.3) is 0 Å². The topological polar surface area (TPSA) is 90.7 Å². The van der Waals surface area contributed by atoms with E-state index < -0.39 is 10.8 Å². The number of methoxy groups -OCH3 is 2. The van der Waals surface area contributed by atoms with Crippen LogP contribution in [-0.2, 0) is 4.74 Å². The number of nitro benzene ring substituents is 1. The van der Waals surface area contributed by atoms with Crippen molar-refractivity contribution in [3.05, 3.63) is 33.9 Å². The van der Waals surface area contributed by atoms with E-state index in [1.807, 2.05) is 0 Å². The van der Waals surface area contributed by atoms with Gasteiger partial charge in [-0.3, -0.25) is 14.9 Å². The first-order chi connectivity index (χ1) is 9.49. The molecule has 20 heavy (non-hydrogen) atoms. The summed E-state index contributed by atoms with van der Waals surface area (Å²) in [4.78, 5) is 22.1.